The van der Waals surface area contributed by atoms with E-state index < -0.39 is 0 Å². The Kier molecular flexibility index (Phi) is 6.92. The van der Waals surface area contributed by atoms with Gasteiger partial charge in [0, 0.05) is 45.3 Å². The van der Waals surface area contributed by atoms with Gasteiger partial charge in [0.1, 0.15) is 0 Å². The number of piperazine rings is 1. The molecule has 28 heavy (non-hydrogen) atoms. The molecule has 2 aliphatic rings. The molecule has 0 bridgehead atoms. The number of amides is 2. The zero-order chi connectivity index (χ0) is 19.9. The fourth-order valence-corrected chi connectivity index (χ4v) is 3.61. The molecule has 0 atom stereocenters. The van der Waals surface area contributed by atoms with Crippen molar-refractivity contribution in [3.63, 3.8) is 0 Å². The van der Waals surface area contributed by atoms with Gasteiger partial charge in [0.25, 0.3) is 0 Å². The average Bonchev–Trinajstić information content (AvgIpc) is 3.27. The van der Waals surface area contributed by atoms with Crippen LogP contribution in [-0.2, 0) is 9.59 Å². The highest BCUT2D eigenvalue weighted by Gasteiger charge is 2.24. The Balaban J connectivity index is 1.48. The standard InChI is InChI=1S/C21H29N3O4/c1-27-18-7-5-17(15-19(18)28-2)6-8-20(25)24-13-11-22(12-14-24)16-21(26)23-9-3-4-10-23/h5-8,15H,3-4,9-14,16H2,1-2H3/b8-6+. The van der Waals surface area contributed by atoms with E-state index in [1.807, 2.05) is 28.0 Å². The highest BCUT2D eigenvalue weighted by molar-refractivity contribution is 5.92. The molecule has 2 amide bonds. The molecule has 1 aromatic carbocycles. The van der Waals surface area contributed by atoms with Gasteiger partial charge in [-0.05, 0) is 36.6 Å². The molecule has 0 aromatic heterocycles. The Morgan fingerprint density at radius 3 is 2.25 bits per heavy atom. The van der Waals surface area contributed by atoms with E-state index in [2.05, 4.69) is 4.90 Å². The van der Waals surface area contributed by atoms with Crippen LogP contribution in [0, 0.1) is 0 Å². The van der Waals surface area contributed by atoms with Crippen LogP contribution in [0.3, 0.4) is 0 Å². The molecule has 0 aliphatic carbocycles. The largest absolute Gasteiger partial charge is 0.493 e. The molecular formula is C21H29N3O4. The molecule has 2 heterocycles. The van der Waals surface area contributed by atoms with E-state index in [1.165, 1.54) is 0 Å². The second-order valence-corrected chi connectivity index (χ2v) is 7.14. The summed E-state index contributed by atoms with van der Waals surface area (Å²) in [7, 11) is 3.18. The summed E-state index contributed by atoms with van der Waals surface area (Å²) < 4.78 is 10.5. The predicted molar refractivity (Wildman–Crippen MR) is 107 cm³/mol. The minimum absolute atomic E-state index is 0.0136. The summed E-state index contributed by atoms with van der Waals surface area (Å²) in [6.45, 7) is 4.98. The van der Waals surface area contributed by atoms with Gasteiger partial charge in [-0.1, -0.05) is 6.07 Å². The number of benzene rings is 1. The van der Waals surface area contributed by atoms with Gasteiger partial charge >= 0.3 is 0 Å². The Morgan fingerprint density at radius 2 is 1.61 bits per heavy atom. The maximum absolute atomic E-state index is 12.5. The maximum atomic E-state index is 12.5. The first-order chi connectivity index (χ1) is 13.6. The number of likely N-dealkylation sites (tertiary alicyclic amines) is 1. The third kappa shape index (κ3) is 5.04. The van der Waals surface area contributed by atoms with E-state index in [0.717, 1.165) is 44.6 Å². The van der Waals surface area contributed by atoms with Crippen LogP contribution in [0.5, 0.6) is 11.5 Å². The summed E-state index contributed by atoms with van der Waals surface area (Å²) in [4.78, 5) is 30.7. The Morgan fingerprint density at radius 1 is 0.929 bits per heavy atom. The third-order valence-electron chi connectivity index (χ3n) is 5.33. The zero-order valence-corrected chi connectivity index (χ0v) is 16.7. The van der Waals surface area contributed by atoms with Crippen molar-refractivity contribution in [1.82, 2.24) is 14.7 Å². The average molecular weight is 387 g/mol. The van der Waals surface area contributed by atoms with Crippen molar-refractivity contribution in [1.29, 1.82) is 0 Å². The Hall–Kier alpha value is -2.54. The van der Waals surface area contributed by atoms with Gasteiger partial charge in [-0.2, -0.15) is 0 Å². The minimum atomic E-state index is -0.0136. The van der Waals surface area contributed by atoms with Gasteiger partial charge in [0.05, 0.1) is 20.8 Å². The zero-order valence-electron chi connectivity index (χ0n) is 16.7. The van der Waals surface area contributed by atoms with Crippen molar-refractivity contribution < 1.29 is 19.1 Å². The summed E-state index contributed by atoms with van der Waals surface area (Å²) in [5.41, 5.74) is 0.876. The Labute approximate surface area is 166 Å². The van der Waals surface area contributed by atoms with Gasteiger partial charge in [-0.25, -0.2) is 0 Å². The molecule has 7 heteroatoms. The fraction of sp³-hybridized carbons (Fsp3) is 0.524. The first-order valence-corrected chi connectivity index (χ1v) is 9.80. The van der Waals surface area contributed by atoms with Crippen molar-refractivity contribution in [3.05, 3.63) is 29.8 Å². The SMILES string of the molecule is COc1ccc(/C=C/C(=O)N2CCN(CC(=O)N3CCCC3)CC2)cc1OC. The highest BCUT2D eigenvalue weighted by Crippen LogP contribution is 2.28. The molecule has 0 N–H and O–H groups in total. The minimum Gasteiger partial charge on any atom is -0.493 e. The number of methoxy groups -OCH3 is 2. The second-order valence-electron chi connectivity index (χ2n) is 7.14. The van der Waals surface area contributed by atoms with Crippen LogP contribution in [0.2, 0.25) is 0 Å². The molecule has 0 saturated carbocycles. The normalized spacial score (nSPS) is 17.9. The first kappa shape index (κ1) is 20.2. The molecule has 1 aromatic rings. The third-order valence-corrected chi connectivity index (χ3v) is 5.33. The topological polar surface area (TPSA) is 62.3 Å². The number of carbonyl (C=O) groups is 2. The van der Waals surface area contributed by atoms with E-state index in [0.29, 0.717) is 31.1 Å². The first-order valence-electron chi connectivity index (χ1n) is 9.80. The van der Waals surface area contributed by atoms with Crippen LogP contribution >= 0.6 is 0 Å². The van der Waals surface area contributed by atoms with Gasteiger partial charge in [-0.15, -0.1) is 0 Å². The number of rotatable bonds is 6. The lowest BCUT2D eigenvalue weighted by Gasteiger charge is -2.34. The molecule has 2 aliphatic heterocycles. The number of carbonyl (C=O) groups excluding carboxylic acids is 2. The summed E-state index contributed by atoms with van der Waals surface area (Å²) in [5, 5.41) is 0. The maximum Gasteiger partial charge on any atom is 0.246 e. The number of nitrogens with zero attached hydrogens (tertiary/aromatic N) is 3. The van der Waals surface area contributed by atoms with Crippen molar-refractivity contribution >= 4 is 17.9 Å². The molecule has 2 saturated heterocycles. The van der Waals surface area contributed by atoms with Crippen LogP contribution in [0.15, 0.2) is 24.3 Å². The monoisotopic (exact) mass is 387 g/mol. The smallest absolute Gasteiger partial charge is 0.246 e. The van der Waals surface area contributed by atoms with Crippen LogP contribution < -0.4 is 9.47 Å². The van der Waals surface area contributed by atoms with Crippen molar-refractivity contribution in [3.8, 4) is 11.5 Å². The van der Waals surface area contributed by atoms with E-state index in [1.54, 1.807) is 26.4 Å². The second kappa shape index (κ2) is 9.59. The molecule has 0 unspecified atom stereocenters. The van der Waals surface area contributed by atoms with Gasteiger partial charge in [0.2, 0.25) is 11.8 Å². The van der Waals surface area contributed by atoms with E-state index >= 15 is 0 Å². The van der Waals surface area contributed by atoms with Gasteiger partial charge < -0.3 is 19.3 Å². The Bertz CT molecular complexity index is 720. The highest BCUT2D eigenvalue weighted by atomic mass is 16.5. The van der Waals surface area contributed by atoms with Crippen molar-refractivity contribution in [2.24, 2.45) is 0 Å². The van der Waals surface area contributed by atoms with Gasteiger partial charge in [-0.3, -0.25) is 14.5 Å². The molecule has 0 spiro atoms. The lowest BCUT2D eigenvalue weighted by atomic mass is 10.2. The van der Waals surface area contributed by atoms with Crippen LogP contribution in [-0.4, -0.2) is 86.5 Å². The molecule has 152 valence electrons. The van der Waals surface area contributed by atoms with Crippen molar-refractivity contribution in [2.75, 3.05) is 60.0 Å². The molecular weight excluding hydrogens is 358 g/mol. The van der Waals surface area contributed by atoms with E-state index in [4.69, 9.17) is 9.47 Å². The fourth-order valence-electron chi connectivity index (χ4n) is 3.61. The van der Waals surface area contributed by atoms with Crippen LogP contribution in [0.4, 0.5) is 0 Å². The number of ether oxygens (including phenoxy) is 2. The van der Waals surface area contributed by atoms with Crippen molar-refractivity contribution in [2.45, 2.75) is 12.8 Å². The number of hydrogen-bond acceptors (Lipinski definition) is 5. The van der Waals surface area contributed by atoms with Crippen LogP contribution in [0.1, 0.15) is 18.4 Å². The lowest BCUT2D eigenvalue weighted by Crippen LogP contribution is -2.51. The summed E-state index contributed by atoms with van der Waals surface area (Å²) >= 11 is 0. The number of hydrogen-bond donors (Lipinski definition) is 0. The molecule has 7 nitrogen and oxygen atoms in total. The molecule has 3 rings (SSSR count). The quantitative estimate of drug-likeness (QED) is 0.692. The predicted octanol–water partition coefficient (Wildman–Crippen LogP) is 1.48. The van der Waals surface area contributed by atoms with Crippen LogP contribution in [0.25, 0.3) is 6.08 Å². The lowest BCUT2D eigenvalue weighted by molar-refractivity contribution is -0.132. The van der Waals surface area contributed by atoms with E-state index in [9.17, 15) is 9.59 Å². The summed E-state index contributed by atoms with van der Waals surface area (Å²) in [6.07, 6.45) is 5.60. The van der Waals surface area contributed by atoms with Gasteiger partial charge in [0.15, 0.2) is 11.5 Å². The summed E-state index contributed by atoms with van der Waals surface area (Å²) in [6, 6.07) is 5.54. The summed E-state index contributed by atoms with van der Waals surface area (Å²) in [5.74, 6) is 1.49. The molecule has 2 fully saturated rings. The van der Waals surface area contributed by atoms with E-state index in [-0.39, 0.29) is 11.8 Å². The molecule has 0 radical (unpaired) electrons.